The molecule has 152 valence electrons. The minimum absolute atomic E-state index is 0.0694. The Labute approximate surface area is 175 Å². The number of nitrogens with one attached hydrogen (secondary N) is 2. The molecule has 6 nitrogen and oxygen atoms in total. The van der Waals surface area contributed by atoms with Crippen molar-refractivity contribution < 1.29 is 9.53 Å². The Morgan fingerprint density at radius 3 is 3.03 bits per heavy atom. The Morgan fingerprint density at radius 2 is 2.21 bits per heavy atom. The second kappa shape index (κ2) is 9.59. The first-order valence-electron chi connectivity index (χ1n) is 10.00. The van der Waals surface area contributed by atoms with Crippen LogP contribution in [0.15, 0.2) is 41.5 Å². The Bertz CT molecular complexity index is 909. The average molecular weight is 413 g/mol. The van der Waals surface area contributed by atoms with E-state index >= 15 is 0 Å². The molecule has 0 spiro atoms. The molecule has 29 heavy (non-hydrogen) atoms. The number of fused-ring (bicyclic) bond motifs is 1. The van der Waals surface area contributed by atoms with E-state index in [1.165, 1.54) is 6.42 Å². The van der Waals surface area contributed by atoms with Gasteiger partial charge < -0.3 is 15.4 Å². The van der Waals surface area contributed by atoms with Crippen molar-refractivity contribution in [1.29, 1.82) is 0 Å². The summed E-state index contributed by atoms with van der Waals surface area (Å²) < 4.78 is 5.78. The van der Waals surface area contributed by atoms with Crippen molar-refractivity contribution >= 4 is 28.8 Å². The van der Waals surface area contributed by atoms with Gasteiger partial charge in [0, 0.05) is 23.3 Å². The highest BCUT2D eigenvalue weighted by Gasteiger charge is 2.23. The summed E-state index contributed by atoms with van der Waals surface area (Å²) in [5, 5.41) is 7.52. The highest BCUT2D eigenvalue weighted by atomic mass is 35.5. The maximum absolute atomic E-state index is 12.6. The normalized spacial score (nSPS) is 18.6. The first kappa shape index (κ1) is 20.2. The zero-order valence-electron chi connectivity index (χ0n) is 16.3. The van der Waals surface area contributed by atoms with Crippen LogP contribution < -0.4 is 10.6 Å². The summed E-state index contributed by atoms with van der Waals surface area (Å²) in [6, 6.07) is 9.32. The quantitative estimate of drug-likeness (QED) is 0.695. The predicted molar refractivity (Wildman–Crippen MR) is 114 cm³/mol. The van der Waals surface area contributed by atoms with Crippen LogP contribution >= 0.6 is 11.6 Å². The monoisotopic (exact) mass is 412 g/mol. The van der Waals surface area contributed by atoms with E-state index in [1.54, 1.807) is 12.3 Å². The van der Waals surface area contributed by atoms with Crippen molar-refractivity contribution in [2.45, 2.75) is 26.0 Å². The summed E-state index contributed by atoms with van der Waals surface area (Å²) in [6.07, 6.45) is 3.17. The summed E-state index contributed by atoms with van der Waals surface area (Å²) >= 11 is 6.01. The molecule has 2 N–H and O–H groups in total. The fourth-order valence-electron chi connectivity index (χ4n) is 3.73. The van der Waals surface area contributed by atoms with Gasteiger partial charge in [0.2, 0.25) is 0 Å². The van der Waals surface area contributed by atoms with Crippen LogP contribution in [0.5, 0.6) is 0 Å². The van der Waals surface area contributed by atoms with Crippen LogP contribution in [0.2, 0.25) is 5.02 Å². The topological polar surface area (TPSA) is 75.6 Å². The molecule has 3 heterocycles. The van der Waals surface area contributed by atoms with Crippen molar-refractivity contribution in [1.82, 2.24) is 15.6 Å². The largest absolute Gasteiger partial charge is 0.371 e. The molecular weight excluding hydrogens is 388 g/mol. The number of hydrogen-bond donors (Lipinski definition) is 2. The van der Waals surface area contributed by atoms with Crippen molar-refractivity contribution in [2.75, 3.05) is 26.2 Å². The third-order valence-corrected chi connectivity index (χ3v) is 5.48. The van der Waals surface area contributed by atoms with Gasteiger partial charge in [0.1, 0.15) is 0 Å². The van der Waals surface area contributed by atoms with Gasteiger partial charge in [-0.15, -0.1) is 0 Å². The highest BCUT2D eigenvalue weighted by Crippen LogP contribution is 2.29. The number of benzene rings is 1. The van der Waals surface area contributed by atoms with Gasteiger partial charge in [-0.25, -0.2) is 0 Å². The zero-order chi connectivity index (χ0) is 20.1. The third-order valence-electron chi connectivity index (χ3n) is 5.25. The van der Waals surface area contributed by atoms with Gasteiger partial charge in [-0.05, 0) is 55.7 Å². The number of carbonyl (C=O) groups is 1. The lowest BCUT2D eigenvalue weighted by atomic mass is 10.00. The molecule has 7 heteroatoms. The summed E-state index contributed by atoms with van der Waals surface area (Å²) in [4.78, 5) is 21.8. The molecule has 0 radical (unpaired) electrons. The Balaban J connectivity index is 1.40. The zero-order valence-corrected chi connectivity index (χ0v) is 17.0. The molecule has 1 aromatic heterocycles. The molecular formula is C22H25ClN4O2. The number of rotatable bonds is 8. The van der Waals surface area contributed by atoms with E-state index < -0.39 is 0 Å². The van der Waals surface area contributed by atoms with E-state index in [2.05, 4.69) is 15.6 Å². The van der Waals surface area contributed by atoms with Crippen LogP contribution in [0.25, 0.3) is 0 Å². The number of ketones is 1. The van der Waals surface area contributed by atoms with Crippen LogP contribution in [0.3, 0.4) is 0 Å². The average Bonchev–Trinajstić information content (AvgIpc) is 3.22. The van der Waals surface area contributed by atoms with Gasteiger partial charge in [0.25, 0.3) is 0 Å². The molecule has 2 aliphatic heterocycles. The van der Waals surface area contributed by atoms with Gasteiger partial charge in [0.15, 0.2) is 5.78 Å². The van der Waals surface area contributed by atoms with E-state index in [9.17, 15) is 4.79 Å². The molecule has 1 atom stereocenters. The molecule has 2 aliphatic rings. The van der Waals surface area contributed by atoms with Crippen molar-refractivity contribution in [2.24, 2.45) is 10.9 Å². The number of aliphatic imine (C=N–C) groups is 1. The molecule has 0 amide bonds. The van der Waals surface area contributed by atoms with Gasteiger partial charge >= 0.3 is 0 Å². The number of hydrogen-bond acceptors (Lipinski definition) is 6. The minimum atomic E-state index is 0.0694. The molecule has 1 aromatic carbocycles. The fraction of sp³-hybridized carbons (Fsp3) is 0.409. The molecule has 0 bridgehead atoms. The molecule has 1 fully saturated rings. The van der Waals surface area contributed by atoms with Crippen LogP contribution in [0, 0.1) is 5.92 Å². The van der Waals surface area contributed by atoms with E-state index in [1.807, 2.05) is 24.3 Å². The van der Waals surface area contributed by atoms with Crippen LogP contribution in [-0.2, 0) is 17.9 Å². The molecule has 2 aromatic rings. The second-order valence-electron chi connectivity index (χ2n) is 7.54. The summed E-state index contributed by atoms with van der Waals surface area (Å²) in [6.45, 7) is 4.42. The van der Waals surface area contributed by atoms with Gasteiger partial charge in [-0.2, -0.15) is 0 Å². The second-order valence-corrected chi connectivity index (χ2v) is 7.98. The van der Waals surface area contributed by atoms with E-state index in [-0.39, 0.29) is 12.2 Å². The van der Waals surface area contributed by atoms with E-state index in [4.69, 9.17) is 21.3 Å². The number of nitrogens with zero attached hydrogens (tertiary/aromatic N) is 2. The van der Waals surface area contributed by atoms with E-state index in [0.717, 1.165) is 36.6 Å². The Morgan fingerprint density at radius 1 is 1.28 bits per heavy atom. The van der Waals surface area contributed by atoms with Crippen LogP contribution in [-0.4, -0.2) is 42.7 Å². The number of halogens is 1. The van der Waals surface area contributed by atoms with Crippen molar-refractivity contribution in [3.63, 3.8) is 0 Å². The van der Waals surface area contributed by atoms with Crippen LogP contribution in [0.1, 0.15) is 34.5 Å². The SMILES string of the molecule is O=C1CC(COCc2cccc(Cl)c2)=Nc2c1ccnc2CNC[C@H]1CCNC1. The maximum atomic E-state index is 12.6. The molecule has 0 saturated carbocycles. The predicted octanol–water partition coefficient (Wildman–Crippen LogP) is 3.31. The van der Waals surface area contributed by atoms with Gasteiger partial charge in [0.05, 0.1) is 36.7 Å². The Hall–Kier alpha value is -2.12. The number of carbonyl (C=O) groups excluding carboxylic acids is 1. The highest BCUT2D eigenvalue weighted by molar-refractivity contribution is 6.30. The Kier molecular flexibility index (Phi) is 6.67. The lowest BCUT2D eigenvalue weighted by Crippen LogP contribution is -2.25. The maximum Gasteiger partial charge on any atom is 0.170 e. The number of pyridine rings is 1. The van der Waals surface area contributed by atoms with Gasteiger partial charge in [-0.3, -0.25) is 14.8 Å². The lowest BCUT2D eigenvalue weighted by molar-refractivity contribution is 0.0993. The molecule has 1 saturated heterocycles. The summed E-state index contributed by atoms with van der Waals surface area (Å²) in [5.41, 5.74) is 3.88. The third kappa shape index (κ3) is 5.28. The van der Waals surface area contributed by atoms with Crippen molar-refractivity contribution in [3.8, 4) is 0 Å². The molecule has 0 unspecified atom stereocenters. The summed E-state index contributed by atoms with van der Waals surface area (Å²) in [7, 11) is 0. The first-order chi connectivity index (χ1) is 14.2. The van der Waals surface area contributed by atoms with Crippen LogP contribution in [0.4, 0.5) is 5.69 Å². The van der Waals surface area contributed by atoms with Crippen molar-refractivity contribution in [3.05, 3.63) is 58.4 Å². The van der Waals surface area contributed by atoms with E-state index in [0.29, 0.717) is 41.9 Å². The number of ether oxygens (including phenoxy) is 1. The molecule has 0 aliphatic carbocycles. The van der Waals surface area contributed by atoms with Gasteiger partial charge in [-0.1, -0.05) is 23.7 Å². The number of aromatic nitrogens is 1. The minimum Gasteiger partial charge on any atom is -0.371 e. The standard InChI is InChI=1S/C22H25ClN4O2/c23-17-3-1-2-15(8-17)13-29-14-18-9-21(28)19-5-7-26-20(22(19)27-18)12-25-11-16-4-6-24-10-16/h1-3,5,7-8,16,24-25H,4,6,9-14H2/t16-/m0/s1. The fourth-order valence-corrected chi connectivity index (χ4v) is 3.95. The smallest absolute Gasteiger partial charge is 0.170 e. The number of Topliss-reactive ketones (excluding diaryl/α,β-unsaturated/α-hetero) is 1. The first-order valence-corrected chi connectivity index (χ1v) is 10.4. The molecule has 4 rings (SSSR count). The lowest BCUT2D eigenvalue weighted by Gasteiger charge is -2.18. The summed E-state index contributed by atoms with van der Waals surface area (Å²) in [5.74, 6) is 0.718.